The van der Waals surface area contributed by atoms with E-state index in [9.17, 15) is 13.5 Å². The van der Waals surface area contributed by atoms with Crippen molar-refractivity contribution in [1.29, 1.82) is 0 Å². The molecule has 0 aliphatic carbocycles. The molecule has 1 aromatic rings. The third kappa shape index (κ3) is 5.36. The van der Waals surface area contributed by atoms with Crippen LogP contribution in [0, 0.1) is 0 Å². The van der Waals surface area contributed by atoms with Crippen molar-refractivity contribution in [2.24, 2.45) is 0 Å². The maximum absolute atomic E-state index is 12.9. The molecule has 1 aromatic heterocycles. The van der Waals surface area contributed by atoms with Crippen LogP contribution < -0.4 is 9.21 Å². The summed E-state index contributed by atoms with van der Waals surface area (Å²) >= 11 is 0. The maximum Gasteiger partial charge on any atom is 0.236 e. The number of hydrogen-bond acceptors (Lipinski definition) is 7. The molecule has 1 aliphatic rings. The second kappa shape index (κ2) is 10.4. The minimum atomic E-state index is -3.47. The summed E-state index contributed by atoms with van der Waals surface area (Å²) in [5.74, 6) is 0.893. The van der Waals surface area contributed by atoms with Crippen LogP contribution in [0.1, 0.15) is 31.0 Å². The van der Waals surface area contributed by atoms with Gasteiger partial charge in [0.1, 0.15) is 0 Å². The summed E-state index contributed by atoms with van der Waals surface area (Å²) in [6.07, 6.45) is 7.67. The predicted molar refractivity (Wildman–Crippen MR) is 117 cm³/mol. The zero-order valence-electron chi connectivity index (χ0n) is 17.3. The van der Waals surface area contributed by atoms with Gasteiger partial charge in [0, 0.05) is 38.4 Å². The van der Waals surface area contributed by atoms with Gasteiger partial charge in [-0.1, -0.05) is 32.1 Å². The number of methoxy groups -OCH3 is 1. The molecule has 29 heavy (non-hydrogen) atoms. The van der Waals surface area contributed by atoms with Crippen molar-refractivity contribution in [3.05, 3.63) is 42.3 Å². The second-order valence-electron chi connectivity index (χ2n) is 6.75. The molecule has 0 saturated carbocycles. The second-order valence-corrected chi connectivity index (χ2v) is 8.77. The highest BCUT2D eigenvalue weighted by atomic mass is 32.2. The van der Waals surface area contributed by atoms with Crippen LogP contribution in [0.5, 0.6) is 0 Å². The van der Waals surface area contributed by atoms with E-state index in [1.165, 1.54) is 10.4 Å². The fraction of sp³-hybridized carbons (Fsp3) is 0.500. The number of rotatable bonds is 11. The first kappa shape index (κ1) is 22.9. The summed E-state index contributed by atoms with van der Waals surface area (Å²) < 4.78 is 32.3. The summed E-state index contributed by atoms with van der Waals surface area (Å²) in [4.78, 5) is 11.1. The summed E-state index contributed by atoms with van der Waals surface area (Å²) in [5.41, 5.74) is 1.98. The van der Waals surface area contributed by atoms with E-state index >= 15 is 0 Å². The average molecular weight is 423 g/mol. The molecule has 0 bridgehead atoms. The topological polar surface area (TPSA) is 95.9 Å². The quantitative estimate of drug-likeness (QED) is 0.433. The molecule has 0 saturated heterocycles. The van der Waals surface area contributed by atoms with Crippen LogP contribution in [0.25, 0.3) is 5.57 Å². The minimum absolute atomic E-state index is 0.0863. The van der Waals surface area contributed by atoms with Gasteiger partial charge in [-0.15, -0.1) is 0 Å². The van der Waals surface area contributed by atoms with Gasteiger partial charge in [0.05, 0.1) is 24.3 Å². The van der Waals surface area contributed by atoms with Crippen LogP contribution in [0.15, 0.2) is 31.1 Å². The number of hydrogen-bond donors (Lipinski definition) is 1. The monoisotopic (exact) mass is 422 g/mol. The molecule has 0 aromatic carbocycles. The van der Waals surface area contributed by atoms with Crippen molar-refractivity contribution in [2.75, 3.05) is 48.8 Å². The lowest BCUT2D eigenvalue weighted by molar-refractivity contribution is 0.206. The zero-order chi connectivity index (χ0) is 21.4. The fourth-order valence-corrected chi connectivity index (χ4v) is 4.74. The van der Waals surface area contributed by atoms with Crippen LogP contribution in [0.3, 0.4) is 0 Å². The SMILES string of the molecule is C=C/C=C(\C=C\O)c1nc(N(C)CCOC)nc2c1CCN2S(=O)(=O)CCCC. The standard InChI is InChI=1S/C20H30N4O4S/c1-5-7-15-29(26,27)24-11-9-17-18(16(8-6-2)10-13-25)21-20(22-19(17)24)23(3)12-14-28-4/h6,8,10,13,25H,2,5,7,9,11-12,14-15H2,1,3-4H3/b13-10+,16-8+. The smallest absolute Gasteiger partial charge is 0.236 e. The highest BCUT2D eigenvalue weighted by molar-refractivity contribution is 7.92. The van der Waals surface area contributed by atoms with Crippen LogP contribution in [0.2, 0.25) is 0 Å². The normalized spacial score (nSPS) is 14.4. The van der Waals surface area contributed by atoms with Crippen molar-refractivity contribution in [1.82, 2.24) is 9.97 Å². The number of likely N-dealkylation sites (N-methyl/N-ethyl adjacent to an activating group) is 1. The molecular weight excluding hydrogens is 392 g/mol. The molecule has 9 heteroatoms. The van der Waals surface area contributed by atoms with Gasteiger partial charge in [-0.2, -0.15) is 4.98 Å². The predicted octanol–water partition coefficient (Wildman–Crippen LogP) is 2.69. The van der Waals surface area contributed by atoms with Gasteiger partial charge >= 0.3 is 0 Å². The molecule has 2 heterocycles. The Labute approximate surface area is 173 Å². The third-order valence-electron chi connectivity index (χ3n) is 4.66. The number of allylic oxidation sites excluding steroid dienone is 4. The lowest BCUT2D eigenvalue weighted by Crippen LogP contribution is -2.32. The first-order valence-corrected chi connectivity index (χ1v) is 11.3. The molecule has 1 aliphatic heterocycles. The van der Waals surface area contributed by atoms with E-state index in [1.54, 1.807) is 19.3 Å². The molecule has 0 spiro atoms. The first-order chi connectivity index (χ1) is 13.9. The Morgan fingerprint density at radius 2 is 2.17 bits per heavy atom. The number of anilines is 2. The van der Waals surface area contributed by atoms with Crippen molar-refractivity contribution in [3.63, 3.8) is 0 Å². The van der Waals surface area contributed by atoms with Crippen LogP contribution in [-0.4, -0.2) is 63.1 Å². The Balaban J connectivity index is 2.61. The van der Waals surface area contributed by atoms with E-state index < -0.39 is 10.0 Å². The van der Waals surface area contributed by atoms with Gasteiger partial charge in [0.2, 0.25) is 16.0 Å². The van der Waals surface area contributed by atoms with Crippen molar-refractivity contribution >= 4 is 27.4 Å². The van der Waals surface area contributed by atoms with Crippen molar-refractivity contribution < 1.29 is 18.3 Å². The molecule has 0 fully saturated rings. The number of fused-ring (bicyclic) bond motifs is 1. The number of sulfonamides is 1. The molecule has 2 rings (SSSR count). The molecule has 160 valence electrons. The van der Waals surface area contributed by atoms with Gasteiger partial charge in [-0.05, 0) is 18.9 Å². The van der Waals surface area contributed by atoms with E-state index in [-0.39, 0.29) is 5.75 Å². The van der Waals surface area contributed by atoms with Crippen LogP contribution in [-0.2, 0) is 21.2 Å². The molecule has 1 N–H and O–H groups in total. The van der Waals surface area contributed by atoms with Gasteiger partial charge in [0.15, 0.2) is 5.82 Å². The highest BCUT2D eigenvalue weighted by Crippen LogP contribution is 2.35. The summed E-state index contributed by atoms with van der Waals surface area (Å²) in [5, 5.41) is 9.31. The number of aliphatic hydroxyl groups is 1. The average Bonchev–Trinajstić information content (AvgIpc) is 3.14. The highest BCUT2D eigenvalue weighted by Gasteiger charge is 2.34. The third-order valence-corrected chi connectivity index (χ3v) is 6.50. The Morgan fingerprint density at radius 1 is 1.41 bits per heavy atom. The number of unbranched alkanes of at least 4 members (excludes halogenated alkanes) is 1. The van der Waals surface area contributed by atoms with Gasteiger partial charge in [0.25, 0.3) is 0 Å². The number of nitrogens with zero attached hydrogens (tertiary/aromatic N) is 4. The fourth-order valence-electron chi connectivity index (χ4n) is 3.08. The van der Waals surface area contributed by atoms with E-state index in [0.717, 1.165) is 18.2 Å². The van der Waals surface area contributed by atoms with Gasteiger partial charge < -0.3 is 14.7 Å². The van der Waals surface area contributed by atoms with Gasteiger partial charge in [-0.3, -0.25) is 4.31 Å². The molecule has 8 nitrogen and oxygen atoms in total. The lowest BCUT2D eigenvalue weighted by Gasteiger charge is -2.22. The van der Waals surface area contributed by atoms with E-state index in [1.807, 2.05) is 18.9 Å². The Morgan fingerprint density at radius 3 is 2.79 bits per heavy atom. The molecule has 0 atom stereocenters. The minimum Gasteiger partial charge on any atom is -0.516 e. The zero-order valence-corrected chi connectivity index (χ0v) is 18.2. The Bertz CT molecular complexity index is 881. The van der Waals surface area contributed by atoms with Crippen molar-refractivity contribution in [2.45, 2.75) is 26.2 Å². The van der Waals surface area contributed by atoms with E-state index in [4.69, 9.17) is 4.74 Å². The number of aliphatic hydroxyl groups excluding tert-OH is 1. The van der Waals surface area contributed by atoms with Crippen LogP contribution in [0.4, 0.5) is 11.8 Å². The van der Waals surface area contributed by atoms with Crippen LogP contribution >= 0.6 is 0 Å². The molecule has 0 unspecified atom stereocenters. The molecule has 0 amide bonds. The maximum atomic E-state index is 12.9. The first-order valence-electron chi connectivity index (χ1n) is 9.64. The van der Waals surface area contributed by atoms with Gasteiger partial charge in [-0.25, -0.2) is 13.4 Å². The molecular formula is C20H30N4O4S. The summed E-state index contributed by atoms with van der Waals surface area (Å²) in [7, 11) is -0.0287. The van der Waals surface area contributed by atoms with Crippen molar-refractivity contribution in [3.8, 4) is 0 Å². The largest absolute Gasteiger partial charge is 0.516 e. The Hall–Kier alpha value is -2.39. The molecule has 0 radical (unpaired) electrons. The summed E-state index contributed by atoms with van der Waals surface area (Å²) in [6.45, 7) is 7.05. The lowest BCUT2D eigenvalue weighted by atomic mass is 10.1. The van der Waals surface area contributed by atoms with E-state index in [2.05, 4.69) is 16.5 Å². The van der Waals surface area contributed by atoms with E-state index in [0.29, 0.717) is 55.6 Å². The Kier molecular flexibility index (Phi) is 8.21. The summed E-state index contributed by atoms with van der Waals surface area (Å²) in [6, 6.07) is 0. The number of aromatic nitrogens is 2. The number of ether oxygens (including phenoxy) is 1.